The molecule has 2 aliphatic rings. The normalized spacial score (nSPS) is 30.6. The molecule has 3 heterocycles. The molecule has 2 fully saturated rings. The van der Waals surface area contributed by atoms with E-state index in [1.807, 2.05) is 7.05 Å². The van der Waals surface area contributed by atoms with Crippen LogP contribution in [0, 0.1) is 5.92 Å². The smallest absolute Gasteiger partial charge is 0.188 e. The molecule has 0 aromatic carbocycles. The number of likely N-dealkylation sites (tertiary alicyclic amines) is 1. The number of hydrogen-bond acceptors (Lipinski definition) is 5. The second-order valence-corrected chi connectivity index (χ2v) is 4.79. The predicted octanol–water partition coefficient (Wildman–Crippen LogP) is -0.606. The van der Waals surface area contributed by atoms with Crippen LogP contribution < -0.4 is 5.32 Å². The van der Waals surface area contributed by atoms with Crippen molar-refractivity contribution in [3.63, 3.8) is 0 Å². The molecule has 16 heavy (non-hydrogen) atoms. The highest BCUT2D eigenvalue weighted by Crippen LogP contribution is 2.26. The Morgan fingerprint density at radius 1 is 1.44 bits per heavy atom. The molecule has 3 rings (SSSR count). The van der Waals surface area contributed by atoms with Crippen molar-refractivity contribution in [2.75, 3.05) is 19.6 Å². The second kappa shape index (κ2) is 4.10. The van der Waals surface area contributed by atoms with Gasteiger partial charge in [0.1, 0.15) is 0 Å². The highest BCUT2D eigenvalue weighted by Gasteiger charge is 2.35. The van der Waals surface area contributed by atoms with Crippen molar-refractivity contribution < 1.29 is 0 Å². The van der Waals surface area contributed by atoms with Crippen LogP contribution in [0.3, 0.4) is 0 Å². The quantitative estimate of drug-likeness (QED) is 0.723. The van der Waals surface area contributed by atoms with Crippen LogP contribution >= 0.6 is 0 Å². The molecule has 2 saturated heterocycles. The molecular formula is C10H18N6. The lowest BCUT2D eigenvalue weighted by molar-refractivity contribution is 0.114. The minimum absolute atomic E-state index is 0.678. The van der Waals surface area contributed by atoms with E-state index >= 15 is 0 Å². The molecular weight excluding hydrogens is 204 g/mol. The van der Waals surface area contributed by atoms with Crippen molar-refractivity contribution >= 4 is 0 Å². The molecule has 1 aromatic rings. The van der Waals surface area contributed by atoms with Gasteiger partial charge in [0.25, 0.3) is 0 Å². The number of rotatable bonds is 2. The minimum atomic E-state index is 0.678. The molecule has 0 bridgehead atoms. The van der Waals surface area contributed by atoms with Gasteiger partial charge < -0.3 is 5.32 Å². The van der Waals surface area contributed by atoms with Crippen LogP contribution in [-0.4, -0.2) is 50.8 Å². The third kappa shape index (κ3) is 1.82. The van der Waals surface area contributed by atoms with Gasteiger partial charge in [-0.15, -0.1) is 10.2 Å². The van der Waals surface area contributed by atoms with Crippen molar-refractivity contribution in [2.24, 2.45) is 13.0 Å². The van der Waals surface area contributed by atoms with Crippen molar-refractivity contribution in [1.82, 2.24) is 30.4 Å². The van der Waals surface area contributed by atoms with Crippen LogP contribution in [0.15, 0.2) is 0 Å². The number of aromatic nitrogens is 4. The van der Waals surface area contributed by atoms with E-state index in [2.05, 4.69) is 25.6 Å². The number of hydrogen-bond donors (Lipinski definition) is 1. The van der Waals surface area contributed by atoms with Crippen LogP contribution in [-0.2, 0) is 13.6 Å². The van der Waals surface area contributed by atoms with Gasteiger partial charge in [0.15, 0.2) is 5.82 Å². The van der Waals surface area contributed by atoms with Crippen LogP contribution in [0.4, 0.5) is 0 Å². The first-order chi connectivity index (χ1) is 7.83. The van der Waals surface area contributed by atoms with E-state index in [4.69, 9.17) is 0 Å². The zero-order chi connectivity index (χ0) is 11.0. The van der Waals surface area contributed by atoms with Crippen LogP contribution in [0.2, 0.25) is 0 Å². The Labute approximate surface area is 95.0 Å². The van der Waals surface area contributed by atoms with Crippen LogP contribution in [0.5, 0.6) is 0 Å². The Balaban J connectivity index is 1.69. The summed E-state index contributed by atoms with van der Waals surface area (Å²) in [4.78, 5) is 4.04. The summed E-state index contributed by atoms with van der Waals surface area (Å²) in [5, 5.41) is 15.7. The maximum Gasteiger partial charge on any atom is 0.188 e. The Hall–Kier alpha value is -1.01. The number of aryl methyl sites for hydroxylation is 1. The minimum Gasteiger partial charge on any atom is -0.315 e. The summed E-state index contributed by atoms with van der Waals surface area (Å²) < 4.78 is 0. The van der Waals surface area contributed by atoms with Crippen molar-refractivity contribution in [2.45, 2.75) is 25.4 Å². The van der Waals surface area contributed by atoms with Gasteiger partial charge >= 0.3 is 0 Å². The lowest BCUT2D eigenvalue weighted by Gasteiger charge is -2.36. The van der Waals surface area contributed by atoms with Crippen molar-refractivity contribution in [1.29, 1.82) is 0 Å². The molecule has 1 N–H and O–H groups in total. The lowest BCUT2D eigenvalue weighted by atomic mass is 9.92. The zero-order valence-electron chi connectivity index (χ0n) is 9.63. The first-order valence-corrected chi connectivity index (χ1v) is 6.00. The monoisotopic (exact) mass is 222 g/mol. The first-order valence-electron chi connectivity index (χ1n) is 6.00. The summed E-state index contributed by atoms with van der Waals surface area (Å²) in [5.74, 6) is 1.67. The second-order valence-electron chi connectivity index (χ2n) is 4.79. The fourth-order valence-corrected chi connectivity index (χ4v) is 2.93. The Morgan fingerprint density at radius 2 is 2.38 bits per heavy atom. The van der Waals surface area contributed by atoms with E-state index in [-0.39, 0.29) is 0 Å². The molecule has 2 atom stereocenters. The molecule has 1 aromatic heterocycles. The van der Waals surface area contributed by atoms with E-state index in [9.17, 15) is 0 Å². The van der Waals surface area contributed by atoms with Crippen LogP contribution in [0.25, 0.3) is 0 Å². The average Bonchev–Trinajstić information content (AvgIpc) is 2.87. The third-order valence-electron chi connectivity index (χ3n) is 3.69. The summed E-state index contributed by atoms with van der Waals surface area (Å²) in [5.41, 5.74) is 0. The maximum absolute atomic E-state index is 4.25. The van der Waals surface area contributed by atoms with Gasteiger partial charge in [-0.2, -0.15) is 4.80 Å². The summed E-state index contributed by atoms with van der Waals surface area (Å²) in [6.45, 7) is 4.30. The van der Waals surface area contributed by atoms with Crippen molar-refractivity contribution in [3.05, 3.63) is 5.82 Å². The Morgan fingerprint density at radius 3 is 3.19 bits per heavy atom. The number of nitrogens with one attached hydrogen (secondary N) is 1. The summed E-state index contributed by atoms with van der Waals surface area (Å²) in [6.07, 6.45) is 2.66. The van der Waals surface area contributed by atoms with Gasteiger partial charge in [-0.3, -0.25) is 4.90 Å². The Kier molecular flexibility index (Phi) is 2.61. The largest absolute Gasteiger partial charge is 0.315 e. The molecule has 2 unspecified atom stereocenters. The van der Waals surface area contributed by atoms with E-state index in [0.29, 0.717) is 6.04 Å². The number of nitrogens with zero attached hydrogens (tertiary/aromatic N) is 5. The number of fused-ring (bicyclic) bond motifs is 1. The molecule has 6 nitrogen and oxygen atoms in total. The highest BCUT2D eigenvalue weighted by atomic mass is 15.6. The third-order valence-corrected chi connectivity index (χ3v) is 3.69. The maximum atomic E-state index is 4.25. The molecule has 0 amide bonds. The molecule has 6 heteroatoms. The van der Waals surface area contributed by atoms with Gasteiger partial charge in [0.2, 0.25) is 0 Å². The van der Waals surface area contributed by atoms with Crippen molar-refractivity contribution in [3.8, 4) is 0 Å². The Bertz CT molecular complexity index is 362. The fourth-order valence-electron chi connectivity index (χ4n) is 2.93. The average molecular weight is 222 g/mol. The first kappa shape index (κ1) is 10.2. The number of piperidine rings is 1. The predicted molar refractivity (Wildman–Crippen MR) is 58.6 cm³/mol. The molecule has 88 valence electrons. The van der Waals surface area contributed by atoms with E-state index in [1.165, 1.54) is 30.7 Å². The lowest BCUT2D eigenvalue weighted by Crippen LogP contribution is -2.44. The fraction of sp³-hybridized carbons (Fsp3) is 0.900. The van der Waals surface area contributed by atoms with Gasteiger partial charge in [0, 0.05) is 12.6 Å². The highest BCUT2D eigenvalue weighted by molar-refractivity contribution is 4.93. The molecule has 0 aliphatic carbocycles. The van der Waals surface area contributed by atoms with Gasteiger partial charge in [-0.05, 0) is 37.1 Å². The van der Waals surface area contributed by atoms with E-state index < -0.39 is 0 Å². The topological polar surface area (TPSA) is 58.9 Å². The van der Waals surface area contributed by atoms with Gasteiger partial charge in [0.05, 0.1) is 13.6 Å². The SMILES string of the molecule is Cn1nnc(CN2CCCC3CNCC32)n1. The molecule has 0 spiro atoms. The summed E-state index contributed by atoms with van der Waals surface area (Å²) in [7, 11) is 1.81. The summed E-state index contributed by atoms with van der Waals surface area (Å²) in [6, 6.07) is 0.678. The zero-order valence-corrected chi connectivity index (χ0v) is 9.63. The van der Waals surface area contributed by atoms with Gasteiger partial charge in [-0.1, -0.05) is 0 Å². The van der Waals surface area contributed by atoms with Gasteiger partial charge in [-0.25, -0.2) is 0 Å². The standard InChI is InChI=1S/C10H18N6/c1-15-13-10(12-14-15)7-16-4-2-3-8-5-11-6-9(8)16/h8-9,11H,2-7H2,1H3. The van der Waals surface area contributed by atoms with Crippen LogP contribution in [0.1, 0.15) is 18.7 Å². The summed E-state index contributed by atoms with van der Waals surface area (Å²) >= 11 is 0. The number of tetrazole rings is 1. The molecule has 0 radical (unpaired) electrons. The van der Waals surface area contributed by atoms with E-state index in [0.717, 1.165) is 24.8 Å². The molecule has 2 aliphatic heterocycles. The van der Waals surface area contributed by atoms with E-state index in [1.54, 1.807) is 0 Å². The molecule has 0 saturated carbocycles.